The van der Waals surface area contributed by atoms with E-state index in [-0.39, 0.29) is 5.97 Å². The summed E-state index contributed by atoms with van der Waals surface area (Å²) in [7, 11) is 0. The summed E-state index contributed by atoms with van der Waals surface area (Å²) in [6.07, 6.45) is 4.62. The number of rotatable bonds is 7. The number of hydrogen-bond acceptors (Lipinski definition) is 4. The first-order valence-electron chi connectivity index (χ1n) is 12.1. The van der Waals surface area contributed by atoms with Crippen molar-refractivity contribution in [1.82, 2.24) is 0 Å². The molecule has 3 aromatic rings. The topological polar surface area (TPSA) is 38.8 Å². The molecule has 0 saturated carbocycles. The first kappa shape index (κ1) is 21.6. The summed E-state index contributed by atoms with van der Waals surface area (Å²) in [4.78, 5) is 15.4. The number of carbonyl (C=O) groups excluding carboxylic acids is 1. The van der Waals surface area contributed by atoms with Crippen LogP contribution in [0.1, 0.15) is 72.1 Å². The van der Waals surface area contributed by atoms with Crippen LogP contribution in [0.3, 0.4) is 0 Å². The highest BCUT2D eigenvalue weighted by Crippen LogP contribution is 2.56. The van der Waals surface area contributed by atoms with Crippen molar-refractivity contribution in [2.24, 2.45) is 0 Å². The van der Waals surface area contributed by atoms with Gasteiger partial charge in [-0.2, -0.15) is 0 Å². The molecule has 0 saturated heterocycles. The third kappa shape index (κ3) is 3.49. The first-order valence-corrected chi connectivity index (χ1v) is 12.1. The summed E-state index contributed by atoms with van der Waals surface area (Å²) in [5, 5.41) is 0. The van der Waals surface area contributed by atoms with Crippen LogP contribution in [0, 0.1) is 6.92 Å². The van der Waals surface area contributed by atoms with Gasteiger partial charge in [0.25, 0.3) is 0 Å². The smallest absolute Gasteiger partial charge is 0.340 e. The Kier molecular flexibility index (Phi) is 5.61. The van der Waals surface area contributed by atoms with Gasteiger partial charge in [-0.05, 0) is 50.1 Å². The molecule has 2 heterocycles. The van der Waals surface area contributed by atoms with Gasteiger partial charge < -0.3 is 14.4 Å². The van der Waals surface area contributed by atoms with Gasteiger partial charge in [0, 0.05) is 41.5 Å². The number of anilines is 1. The molecule has 1 unspecified atom stereocenters. The van der Waals surface area contributed by atoms with Gasteiger partial charge in [-0.3, -0.25) is 0 Å². The summed E-state index contributed by atoms with van der Waals surface area (Å²) in [6, 6.07) is 20.2. The van der Waals surface area contributed by atoms with Crippen molar-refractivity contribution >= 4 is 11.7 Å². The molecular weight excluding hydrogens is 410 g/mol. The van der Waals surface area contributed by atoms with Gasteiger partial charge in [-0.25, -0.2) is 4.79 Å². The molecule has 0 amide bonds. The maximum absolute atomic E-state index is 13.0. The Balaban J connectivity index is 1.68. The number of aryl methyl sites for hydroxylation is 1. The lowest BCUT2D eigenvalue weighted by Gasteiger charge is -2.37. The molecule has 5 rings (SSSR count). The lowest BCUT2D eigenvalue weighted by atomic mass is 9.77. The number of benzene rings is 3. The van der Waals surface area contributed by atoms with Gasteiger partial charge in [0.15, 0.2) is 5.60 Å². The summed E-state index contributed by atoms with van der Waals surface area (Å²) in [5.41, 5.74) is 4.53. The van der Waals surface area contributed by atoms with Crippen molar-refractivity contribution in [2.75, 3.05) is 18.0 Å². The predicted octanol–water partition coefficient (Wildman–Crippen LogP) is 6.97. The molecule has 33 heavy (non-hydrogen) atoms. The van der Waals surface area contributed by atoms with E-state index in [1.165, 1.54) is 0 Å². The van der Waals surface area contributed by atoms with Crippen LogP contribution in [0.15, 0.2) is 60.7 Å². The Bertz CT molecular complexity index is 1190. The quantitative estimate of drug-likeness (QED) is 0.371. The number of hydrogen-bond donors (Lipinski definition) is 0. The summed E-state index contributed by atoms with van der Waals surface area (Å²) < 4.78 is 12.7. The fourth-order valence-electron chi connectivity index (χ4n) is 5.04. The van der Waals surface area contributed by atoms with E-state index < -0.39 is 5.60 Å². The van der Waals surface area contributed by atoms with Crippen molar-refractivity contribution in [3.63, 3.8) is 0 Å². The maximum atomic E-state index is 13.0. The van der Waals surface area contributed by atoms with E-state index in [2.05, 4.69) is 49.9 Å². The monoisotopic (exact) mass is 441 g/mol. The van der Waals surface area contributed by atoms with Crippen LogP contribution in [0.4, 0.5) is 5.69 Å². The zero-order valence-corrected chi connectivity index (χ0v) is 19.7. The summed E-state index contributed by atoms with van der Waals surface area (Å²) in [5.74, 6) is 1.21. The lowest BCUT2D eigenvalue weighted by molar-refractivity contribution is 0.0224. The van der Waals surface area contributed by atoms with Crippen LogP contribution in [0.5, 0.6) is 11.5 Å². The zero-order chi connectivity index (χ0) is 23.0. The second-order valence-corrected chi connectivity index (χ2v) is 9.09. The number of unbranched alkanes of at least 4 members (excludes halogenated alkanes) is 2. The lowest BCUT2D eigenvalue weighted by Crippen LogP contribution is -2.33. The van der Waals surface area contributed by atoms with Crippen LogP contribution in [0.2, 0.25) is 0 Å². The Morgan fingerprint density at radius 2 is 1.58 bits per heavy atom. The van der Waals surface area contributed by atoms with Crippen molar-refractivity contribution in [3.05, 3.63) is 88.5 Å². The van der Waals surface area contributed by atoms with Gasteiger partial charge in [-0.1, -0.05) is 56.5 Å². The molecule has 1 spiro atoms. The molecule has 0 fully saturated rings. The minimum absolute atomic E-state index is 0.289. The van der Waals surface area contributed by atoms with E-state index in [1.807, 2.05) is 36.4 Å². The molecule has 170 valence electrons. The van der Waals surface area contributed by atoms with Gasteiger partial charge in [0.1, 0.15) is 11.5 Å². The molecule has 0 radical (unpaired) electrons. The summed E-state index contributed by atoms with van der Waals surface area (Å²) >= 11 is 0. The highest BCUT2D eigenvalue weighted by molar-refractivity contribution is 5.97. The Labute approximate surface area is 196 Å². The molecule has 4 nitrogen and oxygen atoms in total. The second kappa shape index (κ2) is 8.58. The molecular formula is C29H31NO3. The molecule has 0 bridgehead atoms. The molecule has 0 aliphatic carbocycles. The third-order valence-corrected chi connectivity index (χ3v) is 6.78. The zero-order valence-electron chi connectivity index (χ0n) is 19.7. The standard InChI is InChI=1S/C29H31NO3/c1-4-6-16-30(17-7-5-2)21-13-14-24-27(19-21)32-26-15-12-20(3)18-25(26)29(24)23-11-9-8-10-22(23)28(31)33-29/h8-15,18-19H,4-7,16-17H2,1-3H3. The minimum atomic E-state index is -0.987. The third-order valence-electron chi connectivity index (χ3n) is 6.78. The second-order valence-electron chi connectivity index (χ2n) is 9.09. The van der Waals surface area contributed by atoms with E-state index in [0.717, 1.165) is 78.2 Å². The SMILES string of the molecule is CCCCN(CCCC)c1ccc2c(c1)Oc1ccc(C)cc1C21OC(=O)c2ccccc21. The largest absolute Gasteiger partial charge is 0.456 e. The van der Waals surface area contributed by atoms with Gasteiger partial charge in [-0.15, -0.1) is 0 Å². The van der Waals surface area contributed by atoms with Crippen molar-refractivity contribution < 1.29 is 14.3 Å². The van der Waals surface area contributed by atoms with E-state index in [1.54, 1.807) is 0 Å². The first-order chi connectivity index (χ1) is 16.1. The van der Waals surface area contributed by atoms with Gasteiger partial charge in [0.2, 0.25) is 0 Å². The molecule has 0 aromatic heterocycles. The molecule has 2 aliphatic heterocycles. The van der Waals surface area contributed by atoms with Crippen molar-refractivity contribution in [1.29, 1.82) is 0 Å². The normalized spacial score (nSPS) is 17.7. The van der Waals surface area contributed by atoms with Crippen LogP contribution < -0.4 is 9.64 Å². The molecule has 4 heteroatoms. The van der Waals surface area contributed by atoms with Crippen LogP contribution in [-0.2, 0) is 10.3 Å². The number of esters is 1. The van der Waals surface area contributed by atoms with E-state index >= 15 is 0 Å². The van der Waals surface area contributed by atoms with Crippen molar-refractivity contribution in [2.45, 2.75) is 52.1 Å². The average Bonchev–Trinajstić information content (AvgIpc) is 3.13. The van der Waals surface area contributed by atoms with E-state index in [9.17, 15) is 4.79 Å². The fraction of sp³-hybridized carbons (Fsp3) is 0.345. The van der Waals surface area contributed by atoms with Crippen LogP contribution in [0.25, 0.3) is 0 Å². The predicted molar refractivity (Wildman–Crippen MR) is 131 cm³/mol. The average molecular weight is 442 g/mol. The Morgan fingerprint density at radius 1 is 0.818 bits per heavy atom. The molecule has 1 atom stereocenters. The van der Waals surface area contributed by atoms with Gasteiger partial charge in [0.05, 0.1) is 5.56 Å². The molecule has 0 N–H and O–H groups in total. The number of fused-ring (bicyclic) bond motifs is 6. The highest BCUT2D eigenvalue weighted by atomic mass is 16.6. The number of carbonyl (C=O) groups is 1. The fourth-order valence-corrected chi connectivity index (χ4v) is 5.04. The van der Waals surface area contributed by atoms with Gasteiger partial charge >= 0.3 is 5.97 Å². The Hall–Kier alpha value is -3.27. The number of nitrogens with zero attached hydrogens (tertiary/aromatic N) is 1. The van der Waals surface area contributed by atoms with Crippen LogP contribution in [-0.4, -0.2) is 19.1 Å². The van der Waals surface area contributed by atoms with E-state index in [0.29, 0.717) is 5.56 Å². The Morgan fingerprint density at radius 3 is 2.33 bits per heavy atom. The van der Waals surface area contributed by atoms with Crippen LogP contribution >= 0.6 is 0 Å². The molecule has 2 aliphatic rings. The summed E-state index contributed by atoms with van der Waals surface area (Å²) in [6.45, 7) is 8.54. The van der Waals surface area contributed by atoms with Crippen molar-refractivity contribution in [3.8, 4) is 11.5 Å². The highest BCUT2D eigenvalue weighted by Gasteiger charge is 2.53. The maximum Gasteiger partial charge on any atom is 0.340 e. The van der Waals surface area contributed by atoms with E-state index in [4.69, 9.17) is 9.47 Å². The number of ether oxygens (including phenoxy) is 2. The molecule has 3 aromatic carbocycles. The minimum Gasteiger partial charge on any atom is -0.456 e.